The van der Waals surface area contributed by atoms with Crippen LogP contribution >= 0.6 is 41.8 Å². The molecule has 0 fully saturated rings. The summed E-state index contributed by atoms with van der Waals surface area (Å²) in [5, 5.41) is 43.2. The zero-order valence-corrected chi connectivity index (χ0v) is 31.9. The van der Waals surface area contributed by atoms with E-state index < -0.39 is 9.84 Å². The van der Waals surface area contributed by atoms with Gasteiger partial charge in [-0.05, 0) is 53.6 Å². The third kappa shape index (κ3) is 9.82. The molecular weight excluding hydrogens is 923 g/mol. The Morgan fingerprint density at radius 2 is 1.52 bits per heavy atom. The van der Waals surface area contributed by atoms with Crippen molar-refractivity contribution in [3.63, 3.8) is 0 Å². The number of aromatic amines is 3. The zero-order valence-electron chi connectivity index (χ0n) is 25.2. The minimum absolute atomic E-state index is 0.0617. The largest absolute Gasteiger partial charge is 0.278 e. The molecule has 0 spiro atoms. The van der Waals surface area contributed by atoms with Gasteiger partial charge in [-0.15, -0.1) is 5.10 Å². The van der Waals surface area contributed by atoms with E-state index in [0.717, 1.165) is 16.7 Å². The van der Waals surface area contributed by atoms with Crippen molar-refractivity contribution in [3.8, 4) is 68.0 Å². The second kappa shape index (κ2) is 18.7. The third-order valence-electron chi connectivity index (χ3n) is 6.35. The number of nitriles is 2. The molecule has 0 saturated heterocycles. The summed E-state index contributed by atoms with van der Waals surface area (Å²) in [6.45, 7) is 0. The molecule has 0 aliphatic carbocycles. The van der Waals surface area contributed by atoms with Crippen LogP contribution in [0.5, 0.6) is 0 Å². The van der Waals surface area contributed by atoms with Gasteiger partial charge in [0.25, 0.3) is 0 Å². The summed E-state index contributed by atoms with van der Waals surface area (Å²) in [7, 11) is -3.91. The van der Waals surface area contributed by atoms with Gasteiger partial charge >= 0.3 is 58.0 Å². The Morgan fingerprint density at radius 1 is 0.880 bits per heavy atom. The number of allylic oxidation sites excluding steroid dienone is 1. The van der Waals surface area contributed by atoms with Crippen LogP contribution in [0.3, 0.4) is 0 Å². The number of nitrogens with one attached hydrogen (secondary N) is 3. The molecule has 0 aliphatic heterocycles. The molecule has 11 nitrogen and oxygen atoms in total. The van der Waals surface area contributed by atoms with E-state index >= 15 is 0 Å². The number of aromatic nitrogens is 7. The van der Waals surface area contributed by atoms with E-state index in [1.165, 1.54) is 18.2 Å². The average Bonchev–Trinajstić information content (AvgIpc) is 3.92. The van der Waals surface area contributed by atoms with Crippen LogP contribution in [-0.4, -0.2) is 44.2 Å². The molecule has 3 aromatic heterocycles. The summed E-state index contributed by atoms with van der Waals surface area (Å²) in [6, 6.07) is 26.0. The Morgan fingerprint density at radius 3 is 2.10 bits per heavy atom. The molecule has 3 N–H and O–H groups in total. The standard InChI is InChI=1S/C18H12ClN3O2S.C12H7ClN6.C4HI2/c19-14-6-4-5-13(9-14)17-12-21-22-18(17)10-16(11-20)25(23,24)15-7-2-1-3-8-15;13-8-3-1-2-7(4-8)9-6-15-17-11(9)12-10(5-14)16-19-18-12;1-2-3-4-6-5/h1-10,12H,(H,21,22);1-4,6H,(H,15,17)(H,16,18,19);1H/q;;-1/b16-10+;;. The fourth-order valence-electron chi connectivity index (χ4n) is 4.19. The van der Waals surface area contributed by atoms with Gasteiger partial charge in [-0.2, -0.15) is 31.0 Å². The summed E-state index contributed by atoms with van der Waals surface area (Å²) < 4.78 is 28.1. The molecule has 0 aliphatic rings. The molecule has 0 saturated carbocycles. The number of H-pyrrole nitrogens is 3. The molecule has 6 rings (SSSR count). The van der Waals surface area contributed by atoms with Crippen LogP contribution < -0.4 is 17.2 Å². The first-order chi connectivity index (χ1) is 24.2. The molecule has 50 heavy (non-hydrogen) atoms. The second-order valence-electron chi connectivity index (χ2n) is 9.38. The number of rotatable bonds is 6. The third-order valence-corrected chi connectivity index (χ3v) is 10.3. The predicted molar refractivity (Wildman–Crippen MR) is 196 cm³/mol. The van der Waals surface area contributed by atoms with Crippen LogP contribution in [-0.2, 0) is 9.84 Å². The van der Waals surface area contributed by atoms with E-state index in [2.05, 4.69) is 70.2 Å². The summed E-state index contributed by atoms with van der Waals surface area (Å²) in [5.41, 5.74) is 4.82. The van der Waals surface area contributed by atoms with Gasteiger partial charge in [0, 0.05) is 21.2 Å². The van der Waals surface area contributed by atoms with E-state index in [9.17, 15) is 13.7 Å². The van der Waals surface area contributed by atoms with Gasteiger partial charge < -0.3 is 0 Å². The van der Waals surface area contributed by atoms with Gasteiger partial charge in [-0.25, -0.2) is 8.42 Å². The van der Waals surface area contributed by atoms with Gasteiger partial charge in [-0.1, -0.05) is 65.7 Å². The molecule has 3 aromatic carbocycles. The number of hydrogen-bond acceptors (Lipinski definition) is 8. The van der Waals surface area contributed by atoms with Gasteiger partial charge in [0.05, 0.1) is 28.7 Å². The first-order valence-corrected chi connectivity index (χ1v) is 23.4. The van der Waals surface area contributed by atoms with Gasteiger partial charge in [-0.3, -0.25) is 10.2 Å². The van der Waals surface area contributed by atoms with E-state index in [4.69, 9.17) is 34.9 Å². The Bertz CT molecular complexity index is 2430. The summed E-state index contributed by atoms with van der Waals surface area (Å²) in [4.78, 5) is -0.308. The van der Waals surface area contributed by atoms with E-state index in [1.54, 1.807) is 60.9 Å². The quantitative estimate of drug-likeness (QED) is 0.124. The SMILES string of the molecule is C#CC#C[I-]I.N#C/C(=C\c1[nH]ncc1-c1cccc(Cl)c1)S(=O)(=O)c1ccccc1.N#Cc1n[nH]nc1-c1[nH]ncc1-c1cccc(Cl)c1. The first kappa shape index (κ1) is 37.9. The molecular formula is C34H20Cl2I2N9O2S-. The predicted octanol–water partition coefficient (Wildman–Crippen LogP) is 4.47. The zero-order chi connectivity index (χ0) is 35.9. The smallest absolute Gasteiger partial charge is 0.216 e. The Kier molecular flexibility index (Phi) is 14.2. The summed E-state index contributed by atoms with van der Waals surface area (Å²) >= 11 is 14.3. The van der Waals surface area contributed by atoms with Gasteiger partial charge in [0.15, 0.2) is 10.6 Å². The van der Waals surface area contributed by atoms with E-state index in [0.29, 0.717) is 32.7 Å². The number of hydrogen-bond donors (Lipinski definition) is 3. The van der Waals surface area contributed by atoms with Crippen molar-refractivity contribution < 1.29 is 25.6 Å². The number of nitrogens with zero attached hydrogens (tertiary/aromatic N) is 6. The molecule has 0 atom stereocenters. The molecule has 0 radical (unpaired) electrons. The molecule has 0 amide bonds. The molecule has 3 heterocycles. The van der Waals surface area contributed by atoms with E-state index in [-0.39, 0.29) is 32.7 Å². The van der Waals surface area contributed by atoms with Crippen LogP contribution in [0, 0.1) is 44.9 Å². The normalized spacial score (nSPS) is 10.5. The molecule has 0 unspecified atom stereocenters. The Hall–Kier alpha value is -4.95. The van der Waals surface area contributed by atoms with Crippen LogP contribution in [0.1, 0.15) is 11.4 Å². The molecule has 248 valence electrons. The minimum atomic E-state index is -3.91. The summed E-state index contributed by atoms with van der Waals surface area (Å²) in [6.07, 6.45) is 9.31. The maximum absolute atomic E-state index is 12.6. The van der Waals surface area contributed by atoms with Crippen molar-refractivity contribution in [2.75, 3.05) is 0 Å². The van der Waals surface area contributed by atoms with Crippen molar-refractivity contribution in [3.05, 3.63) is 118 Å². The second-order valence-corrected chi connectivity index (χ2v) is 15.9. The van der Waals surface area contributed by atoms with Crippen molar-refractivity contribution in [2.45, 2.75) is 4.90 Å². The van der Waals surface area contributed by atoms with Gasteiger partial charge in [0.2, 0.25) is 9.84 Å². The van der Waals surface area contributed by atoms with Crippen molar-refractivity contribution >= 4 is 57.7 Å². The fourth-order valence-corrected chi connectivity index (χ4v) is 6.67. The van der Waals surface area contributed by atoms with Crippen LogP contribution in [0.4, 0.5) is 0 Å². The monoisotopic (exact) mass is 942 g/mol. The minimum Gasteiger partial charge on any atom is -0.278 e. The van der Waals surface area contributed by atoms with E-state index in [1.807, 2.05) is 30.3 Å². The maximum Gasteiger partial charge on any atom is 0.216 e. The van der Waals surface area contributed by atoms with Crippen LogP contribution in [0.25, 0.3) is 39.7 Å². The Labute approximate surface area is 317 Å². The number of halogens is 4. The fraction of sp³-hybridized carbons (Fsp3) is 0. The van der Waals surface area contributed by atoms with Crippen LogP contribution in [0.15, 0.2) is 101 Å². The average molecular weight is 943 g/mol. The number of terminal acetylenes is 1. The molecule has 6 aromatic rings. The number of benzene rings is 3. The maximum atomic E-state index is 12.6. The van der Waals surface area contributed by atoms with Crippen molar-refractivity contribution in [2.24, 2.45) is 0 Å². The van der Waals surface area contributed by atoms with Gasteiger partial charge in [0.1, 0.15) is 17.8 Å². The van der Waals surface area contributed by atoms with Crippen molar-refractivity contribution in [1.29, 1.82) is 10.5 Å². The Balaban J connectivity index is 0.000000198. The molecule has 0 bridgehead atoms. The first-order valence-electron chi connectivity index (χ1n) is 13.8. The molecule has 16 heteroatoms. The topological polar surface area (TPSA) is 181 Å². The number of sulfone groups is 1. The van der Waals surface area contributed by atoms with Crippen LogP contribution in [0.2, 0.25) is 10.0 Å². The van der Waals surface area contributed by atoms with Crippen molar-refractivity contribution in [1.82, 2.24) is 35.8 Å². The summed E-state index contributed by atoms with van der Waals surface area (Å²) in [5.74, 6) is 4.75.